The zero-order chi connectivity index (χ0) is 13.1. The van der Waals surface area contributed by atoms with E-state index in [-0.39, 0.29) is 12.4 Å². The summed E-state index contributed by atoms with van der Waals surface area (Å²) in [5.74, 6) is 0.877. The molecule has 94 valence electrons. The van der Waals surface area contributed by atoms with Gasteiger partial charge in [-0.1, -0.05) is 18.2 Å². The van der Waals surface area contributed by atoms with E-state index in [2.05, 4.69) is 0 Å². The van der Waals surface area contributed by atoms with Gasteiger partial charge in [0.25, 0.3) is 0 Å². The van der Waals surface area contributed by atoms with Crippen LogP contribution in [-0.4, -0.2) is 0 Å². The van der Waals surface area contributed by atoms with Gasteiger partial charge in [0.2, 0.25) is 0 Å². The van der Waals surface area contributed by atoms with E-state index in [0.717, 1.165) is 16.9 Å². The highest BCUT2D eigenvalue weighted by Gasteiger charge is 2.10. The topological polar surface area (TPSA) is 35.2 Å². The van der Waals surface area contributed by atoms with Crippen LogP contribution in [0.2, 0.25) is 0 Å². The van der Waals surface area contributed by atoms with Crippen LogP contribution in [0.3, 0.4) is 0 Å². The zero-order valence-corrected chi connectivity index (χ0v) is 10.5. The summed E-state index contributed by atoms with van der Waals surface area (Å²) in [5.41, 5.74) is 8.14. The lowest BCUT2D eigenvalue weighted by molar-refractivity contribution is 0.463. The Hall–Kier alpha value is -1.87. The van der Waals surface area contributed by atoms with Crippen molar-refractivity contribution in [2.24, 2.45) is 5.73 Å². The molecule has 2 rings (SSSR count). The monoisotopic (exact) mass is 245 g/mol. The Kier molecular flexibility index (Phi) is 3.63. The first-order valence-electron chi connectivity index (χ1n) is 5.85. The molecule has 3 heteroatoms. The smallest absolute Gasteiger partial charge is 0.134 e. The maximum Gasteiger partial charge on any atom is 0.134 e. The molecule has 0 heterocycles. The van der Waals surface area contributed by atoms with Crippen LogP contribution in [0.1, 0.15) is 16.7 Å². The molecular formula is C15H16FNO. The molecule has 2 nitrogen and oxygen atoms in total. The van der Waals surface area contributed by atoms with Crippen LogP contribution >= 0.6 is 0 Å². The Morgan fingerprint density at radius 3 is 2.44 bits per heavy atom. The highest BCUT2D eigenvalue weighted by molar-refractivity contribution is 5.44. The van der Waals surface area contributed by atoms with Gasteiger partial charge in [0.05, 0.1) is 0 Å². The summed E-state index contributed by atoms with van der Waals surface area (Å²) >= 11 is 0. The zero-order valence-electron chi connectivity index (χ0n) is 10.5. The number of hydrogen-bond donors (Lipinski definition) is 1. The third-order valence-corrected chi connectivity index (χ3v) is 3.05. The van der Waals surface area contributed by atoms with Gasteiger partial charge in [0.1, 0.15) is 17.3 Å². The van der Waals surface area contributed by atoms with Crippen molar-refractivity contribution in [2.75, 3.05) is 0 Å². The van der Waals surface area contributed by atoms with Gasteiger partial charge in [-0.2, -0.15) is 0 Å². The molecule has 0 unspecified atom stereocenters. The minimum Gasteiger partial charge on any atom is -0.457 e. The molecular weight excluding hydrogens is 229 g/mol. The summed E-state index contributed by atoms with van der Waals surface area (Å²) in [4.78, 5) is 0. The fourth-order valence-corrected chi connectivity index (χ4v) is 1.79. The molecule has 0 atom stereocenters. The van der Waals surface area contributed by atoms with E-state index in [1.807, 2.05) is 32.0 Å². The van der Waals surface area contributed by atoms with Gasteiger partial charge < -0.3 is 10.5 Å². The first-order valence-corrected chi connectivity index (χ1v) is 5.85. The molecule has 0 radical (unpaired) electrons. The molecule has 0 aliphatic rings. The summed E-state index contributed by atoms with van der Waals surface area (Å²) in [6.45, 7) is 4.11. The summed E-state index contributed by atoms with van der Waals surface area (Å²) in [5, 5.41) is 0. The summed E-state index contributed by atoms with van der Waals surface area (Å²) in [6, 6.07) is 10.5. The van der Waals surface area contributed by atoms with Crippen molar-refractivity contribution < 1.29 is 9.13 Å². The van der Waals surface area contributed by atoms with Crippen LogP contribution in [0.4, 0.5) is 4.39 Å². The SMILES string of the molecule is Cc1cccc(Oc2cccc(F)c2CN)c1C. The van der Waals surface area contributed by atoms with Gasteiger partial charge in [-0.25, -0.2) is 4.39 Å². The predicted octanol–water partition coefficient (Wildman–Crippen LogP) is 3.69. The average Bonchev–Trinajstić information content (AvgIpc) is 2.35. The third-order valence-electron chi connectivity index (χ3n) is 3.05. The van der Waals surface area contributed by atoms with Crippen LogP contribution < -0.4 is 10.5 Å². The predicted molar refractivity (Wildman–Crippen MR) is 70.3 cm³/mol. The Morgan fingerprint density at radius 2 is 1.72 bits per heavy atom. The quantitative estimate of drug-likeness (QED) is 0.895. The van der Waals surface area contributed by atoms with Crippen LogP contribution in [0.5, 0.6) is 11.5 Å². The largest absolute Gasteiger partial charge is 0.457 e. The van der Waals surface area contributed by atoms with Gasteiger partial charge in [-0.15, -0.1) is 0 Å². The fourth-order valence-electron chi connectivity index (χ4n) is 1.79. The second kappa shape index (κ2) is 5.19. The molecule has 0 saturated heterocycles. The van der Waals surface area contributed by atoms with Crippen LogP contribution in [0, 0.1) is 19.7 Å². The Balaban J connectivity index is 2.40. The lowest BCUT2D eigenvalue weighted by atomic mass is 10.1. The summed E-state index contributed by atoms with van der Waals surface area (Å²) in [6.07, 6.45) is 0. The van der Waals surface area contributed by atoms with Crippen LogP contribution in [0.25, 0.3) is 0 Å². The van der Waals surface area contributed by atoms with Crippen LogP contribution in [0.15, 0.2) is 36.4 Å². The highest BCUT2D eigenvalue weighted by atomic mass is 19.1. The maximum absolute atomic E-state index is 13.6. The van der Waals surface area contributed by atoms with Crippen molar-refractivity contribution in [1.82, 2.24) is 0 Å². The van der Waals surface area contributed by atoms with Gasteiger partial charge in [-0.3, -0.25) is 0 Å². The number of rotatable bonds is 3. The molecule has 18 heavy (non-hydrogen) atoms. The van der Waals surface area contributed by atoms with Gasteiger partial charge in [-0.05, 0) is 43.2 Å². The Morgan fingerprint density at radius 1 is 1.06 bits per heavy atom. The normalized spacial score (nSPS) is 10.4. The summed E-state index contributed by atoms with van der Waals surface area (Å²) in [7, 11) is 0. The first kappa shape index (κ1) is 12.6. The minimum absolute atomic E-state index is 0.118. The standard InChI is InChI=1S/C15H16FNO/c1-10-5-3-7-14(11(10)2)18-15-8-4-6-13(16)12(15)9-17/h3-8H,9,17H2,1-2H3. The number of nitrogens with two attached hydrogens (primary N) is 1. The minimum atomic E-state index is -0.333. The number of ether oxygens (including phenoxy) is 1. The molecule has 2 N–H and O–H groups in total. The van der Waals surface area contributed by atoms with Crippen molar-refractivity contribution in [3.8, 4) is 11.5 Å². The molecule has 0 amide bonds. The molecule has 0 spiro atoms. The molecule has 2 aromatic rings. The maximum atomic E-state index is 13.6. The van der Waals surface area contributed by atoms with E-state index in [1.54, 1.807) is 12.1 Å². The van der Waals surface area contributed by atoms with Crippen molar-refractivity contribution >= 4 is 0 Å². The Bertz CT molecular complexity index is 566. The van der Waals surface area contributed by atoms with E-state index < -0.39 is 0 Å². The van der Waals surface area contributed by atoms with E-state index >= 15 is 0 Å². The second-order valence-electron chi connectivity index (χ2n) is 4.22. The molecule has 0 bridgehead atoms. The molecule has 0 aliphatic heterocycles. The second-order valence-corrected chi connectivity index (χ2v) is 4.22. The molecule has 0 aromatic heterocycles. The lowest BCUT2D eigenvalue weighted by Crippen LogP contribution is -2.03. The Labute approximate surface area is 106 Å². The average molecular weight is 245 g/mol. The number of halogens is 1. The van der Waals surface area contributed by atoms with Crippen molar-refractivity contribution in [3.63, 3.8) is 0 Å². The first-order chi connectivity index (χ1) is 8.63. The number of benzene rings is 2. The molecule has 0 aliphatic carbocycles. The van der Waals surface area contributed by atoms with E-state index in [9.17, 15) is 4.39 Å². The number of aryl methyl sites for hydroxylation is 1. The molecule has 0 fully saturated rings. The third kappa shape index (κ3) is 2.36. The highest BCUT2D eigenvalue weighted by Crippen LogP contribution is 2.30. The van der Waals surface area contributed by atoms with Gasteiger partial charge in [0.15, 0.2) is 0 Å². The van der Waals surface area contributed by atoms with E-state index in [0.29, 0.717) is 11.3 Å². The van der Waals surface area contributed by atoms with Crippen LogP contribution in [-0.2, 0) is 6.54 Å². The van der Waals surface area contributed by atoms with E-state index in [4.69, 9.17) is 10.5 Å². The van der Waals surface area contributed by atoms with Gasteiger partial charge >= 0.3 is 0 Å². The van der Waals surface area contributed by atoms with Crippen molar-refractivity contribution in [2.45, 2.75) is 20.4 Å². The summed E-state index contributed by atoms with van der Waals surface area (Å²) < 4.78 is 19.3. The molecule has 0 saturated carbocycles. The van der Waals surface area contributed by atoms with Crippen molar-refractivity contribution in [3.05, 3.63) is 58.9 Å². The lowest BCUT2D eigenvalue weighted by Gasteiger charge is -2.13. The fraction of sp³-hybridized carbons (Fsp3) is 0.200. The number of hydrogen-bond acceptors (Lipinski definition) is 2. The van der Waals surface area contributed by atoms with E-state index in [1.165, 1.54) is 6.07 Å². The van der Waals surface area contributed by atoms with Gasteiger partial charge in [0, 0.05) is 12.1 Å². The molecule has 2 aromatic carbocycles. The van der Waals surface area contributed by atoms with Crippen molar-refractivity contribution in [1.29, 1.82) is 0 Å².